The molecule has 6 nitrogen and oxygen atoms in total. The Bertz CT molecular complexity index is 671. The van der Waals surface area contributed by atoms with Gasteiger partial charge in [-0.1, -0.05) is 25.1 Å². The fourth-order valence-electron chi connectivity index (χ4n) is 2.34. The molecule has 0 atom stereocenters. The largest absolute Gasteiger partial charge is 0.385 e. The van der Waals surface area contributed by atoms with Gasteiger partial charge in [-0.25, -0.2) is 9.97 Å². The lowest BCUT2D eigenvalue weighted by atomic mass is 10.1. The summed E-state index contributed by atoms with van der Waals surface area (Å²) in [4.78, 5) is 20.5. The van der Waals surface area contributed by atoms with Gasteiger partial charge in [0, 0.05) is 38.3 Å². The van der Waals surface area contributed by atoms with E-state index < -0.39 is 0 Å². The number of anilines is 2. The highest BCUT2D eigenvalue weighted by molar-refractivity contribution is 5.93. The molecule has 0 unspecified atom stereocenters. The van der Waals surface area contributed by atoms with E-state index in [0.29, 0.717) is 24.7 Å². The van der Waals surface area contributed by atoms with E-state index in [2.05, 4.69) is 33.6 Å². The molecular formula is C18H24N4O2. The van der Waals surface area contributed by atoms with Crippen LogP contribution in [0, 0.1) is 6.92 Å². The molecule has 24 heavy (non-hydrogen) atoms. The number of aryl methyl sites for hydroxylation is 2. The summed E-state index contributed by atoms with van der Waals surface area (Å²) < 4.78 is 4.95. The molecule has 6 heteroatoms. The van der Waals surface area contributed by atoms with Crippen LogP contribution in [-0.4, -0.2) is 36.1 Å². The monoisotopic (exact) mass is 328 g/mol. The highest BCUT2D eigenvalue weighted by Crippen LogP contribution is 2.23. The number of nitrogens with zero attached hydrogens (tertiary/aromatic N) is 2. The second kappa shape index (κ2) is 8.98. The highest BCUT2D eigenvalue weighted by Gasteiger charge is 2.09. The lowest BCUT2D eigenvalue weighted by Gasteiger charge is -2.12. The third-order valence-corrected chi connectivity index (χ3v) is 3.70. The van der Waals surface area contributed by atoms with E-state index in [1.54, 1.807) is 7.11 Å². The molecule has 0 fully saturated rings. The molecule has 0 aliphatic rings. The SMILES string of the molecule is CCc1cccc(C)c1Nc1ncc(C(=O)NCCCOC)cn1. The van der Waals surface area contributed by atoms with Gasteiger partial charge in [-0.15, -0.1) is 0 Å². The van der Waals surface area contributed by atoms with Crippen LogP contribution in [0.1, 0.15) is 34.8 Å². The molecule has 1 amide bonds. The zero-order chi connectivity index (χ0) is 17.4. The second-order valence-electron chi connectivity index (χ2n) is 5.49. The van der Waals surface area contributed by atoms with Crippen LogP contribution in [0.3, 0.4) is 0 Å². The number of benzene rings is 1. The van der Waals surface area contributed by atoms with Crippen LogP contribution in [0.4, 0.5) is 11.6 Å². The van der Waals surface area contributed by atoms with Gasteiger partial charge in [-0.05, 0) is 30.9 Å². The van der Waals surface area contributed by atoms with E-state index in [9.17, 15) is 4.79 Å². The van der Waals surface area contributed by atoms with Gasteiger partial charge in [-0.3, -0.25) is 4.79 Å². The first-order valence-corrected chi connectivity index (χ1v) is 8.10. The van der Waals surface area contributed by atoms with Crippen molar-refractivity contribution in [1.29, 1.82) is 0 Å². The van der Waals surface area contributed by atoms with Crippen molar-refractivity contribution in [2.24, 2.45) is 0 Å². The van der Waals surface area contributed by atoms with Crippen molar-refractivity contribution in [3.8, 4) is 0 Å². The van der Waals surface area contributed by atoms with Gasteiger partial charge in [0.15, 0.2) is 0 Å². The van der Waals surface area contributed by atoms with Crippen molar-refractivity contribution < 1.29 is 9.53 Å². The minimum absolute atomic E-state index is 0.178. The molecule has 1 aromatic heterocycles. The van der Waals surface area contributed by atoms with Gasteiger partial charge in [0.1, 0.15) is 0 Å². The summed E-state index contributed by atoms with van der Waals surface area (Å²) in [6.45, 7) is 5.34. The summed E-state index contributed by atoms with van der Waals surface area (Å²) in [7, 11) is 1.64. The van der Waals surface area contributed by atoms with E-state index in [4.69, 9.17) is 4.74 Å². The Morgan fingerprint density at radius 3 is 2.67 bits per heavy atom. The van der Waals surface area contributed by atoms with Crippen molar-refractivity contribution in [3.63, 3.8) is 0 Å². The molecule has 0 bridgehead atoms. The van der Waals surface area contributed by atoms with Crippen LogP contribution in [0.15, 0.2) is 30.6 Å². The quantitative estimate of drug-likeness (QED) is 0.729. The van der Waals surface area contributed by atoms with Crippen LogP contribution >= 0.6 is 0 Å². The Morgan fingerprint density at radius 2 is 2.00 bits per heavy atom. The van der Waals surface area contributed by atoms with E-state index >= 15 is 0 Å². The minimum atomic E-state index is -0.178. The number of aromatic nitrogens is 2. The average molecular weight is 328 g/mol. The zero-order valence-corrected chi connectivity index (χ0v) is 14.4. The Morgan fingerprint density at radius 1 is 1.25 bits per heavy atom. The third kappa shape index (κ3) is 4.76. The Hall–Kier alpha value is -2.47. The molecule has 128 valence electrons. The topological polar surface area (TPSA) is 76.1 Å². The van der Waals surface area contributed by atoms with Gasteiger partial charge in [0.2, 0.25) is 5.95 Å². The molecule has 0 aliphatic heterocycles. The van der Waals surface area contributed by atoms with Gasteiger partial charge >= 0.3 is 0 Å². The van der Waals surface area contributed by atoms with E-state index in [0.717, 1.165) is 24.1 Å². The molecule has 1 aromatic carbocycles. The molecule has 0 spiro atoms. The lowest BCUT2D eigenvalue weighted by molar-refractivity contribution is 0.0948. The predicted octanol–water partition coefficient (Wildman–Crippen LogP) is 2.86. The van der Waals surface area contributed by atoms with Crippen LogP contribution in [0.5, 0.6) is 0 Å². The molecule has 2 rings (SSSR count). The van der Waals surface area contributed by atoms with Crippen LogP contribution in [0.25, 0.3) is 0 Å². The molecule has 0 radical (unpaired) electrons. The van der Waals surface area contributed by atoms with Crippen molar-refractivity contribution in [1.82, 2.24) is 15.3 Å². The number of hydrogen-bond acceptors (Lipinski definition) is 5. The molecule has 1 heterocycles. The summed E-state index contributed by atoms with van der Waals surface area (Å²) >= 11 is 0. The summed E-state index contributed by atoms with van der Waals surface area (Å²) in [6.07, 6.45) is 4.76. The van der Waals surface area contributed by atoms with E-state index in [1.807, 2.05) is 19.1 Å². The predicted molar refractivity (Wildman–Crippen MR) is 94.7 cm³/mol. The van der Waals surface area contributed by atoms with Crippen molar-refractivity contribution in [2.45, 2.75) is 26.7 Å². The number of hydrogen-bond donors (Lipinski definition) is 2. The van der Waals surface area contributed by atoms with Gasteiger partial charge < -0.3 is 15.4 Å². The first-order valence-electron chi connectivity index (χ1n) is 8.10. The maximum Gasteiger partial charge on any atom is 0.254 e. The molecule has 2 N–H and O–H groups in total. The van der Waals surface area contributed by atoms with Crippen LogP contribution in [-0.2, 0) is 11.2 Å². The number of carbonyl (C=O) groups is 1. The summed E-state index contributed by atoms with van der Waals surface area (Å²) in [5, 5.41) is 6.06. The Labute approximate surface area is 142 Å². The minimum Gasteiger partial charge on any atom is -0.385 e. The van der Waals surface area contributed by atoms with Crippen molar-refractivity contribution >= 4 is 17.5 Å². The molecule has 0 aliphatic carbocycles. The zero-order valence-electron chi connectivity index (χ0n) is 14.4. The average Bonchev–Trinajstić information content (AvgIpc) is 2.61. The van der Waals surface area contributed by atoms with Crippen LogP contribution < -0.4 is 10.6 Å². The maximum atomic E-state index is 12.0. The second-order valence-corrected chi connectivity index (χ2v) is 5.49. The lowest BCUT2D eigenvalue weighted by Crippen LogP contribution is -2.25. The molecular weight excluding hydrogens is 304 g/mol. The van der Waals surface area contributed by atoms with E-state index in [1.165, 1.54) is 18.0 Å². The van der Waals surface area contributed by atoms with E-state index in [-0.39, 0.29) is 5.91 Å². The number of methoxy groups -OCH3 is 1. The van der Waals surface area contributed by atoms with Gasteiger partial charge in [0.25, 0.3) is 5.91 Å². The van der Waals surface area contributed by atoms with Gasteiger partial charge in [-0.2, -0.15) is 0 Å². The number of ether oxygens (including phenoxy) is 1. The Kier molecular flexibility index (Phi) is 6.69. The highest BCUT2D eigenvalue weighted by atomic mass is 16.5. The van der Waals surface area contributed by atoms with Gasteiger partial charge in [0.05, 0.1) is 5.56 Å². The summed E-state index contributed by atoms with van der Waals surface area (Å²) in [6, 6.07) is 6.16. The maximum absolute atomic E-state index is 12.0. The molecule has 2 aromatic rings. The first-order chi connectivity index (χ1) is 11.7. The number of nitrogens with one attached hydrogen (secondary N) is 2. The van der Waals surface area contributed by atoms with Crippen molar-refractivity contribution in [2.75, 3.05) is 25.6 Å². The normalized spacial score (nSPS) is 10.5. The summed E-state index contributed by atoms with van der Waals surface area (Å²) in [5.41, 5.74) is 3.81. The third-order valence-electron chi connectivity index (χ3n) is 3.70. The Balaban J connectivity index is 2.01. The number of carbonyl (C=O) groups excluding carboxylic acids is 1. The van der Waals surface area contributed by atoms with Crippen molar-refractivity contribution in [3.05, 3.63) is 47.3 Å². The first kappa shape index (κ1) is 17.9. The smallest absolute Gasteiger partial charge is 0.254 e. The standard InChI is InChI=1S/C18H24N4O2/c1-4-14-8-5-7-13(2)16(14)22-18-20-11-15(12-21-18)17(23)19-9-6-10-24-3/h5,7-8,11-12H,4,6,9-10H2,1-3H3,(H,19,23)(H,20,21,22). The molecule has 0 saturated carbocycles. The number of para-hydroxylation sites is 1. The fraction of sp³-hybridized carbons (Fsp3) is 0.389. The van der Waals surface area contributed by atoms with Crippen LogP contribution in [0.2, 0.25) is 0 Å². The summed E-state index contributed by atoms with van der Waals surface area (Å²) in [5.74, 6) is 0.303. The number of amides is 1. The molecule has 0 saturated heterocycles. The fourth-order valence-corrected chi connectivity index (χ4v) is 2.34. The number of rotatable bonds is 8.